The van der Waals surface area contributed by atoms with Gasteiger partial charge in [-0.3, -0.25) is 14.6 Å². The van der Waals surface area contributed by atoms with Crippen molar-refractivity contribution in [3.8, 4) is 0 Å². The van der Waals surface area contributed by atoms with Crippen LogP contribution in [0.15, 0.2) is 12.4 Å². The van der Waals surface area contributed by atoms with E-state index in [9.17, 15) is 9.59 Å². The summed E-state index contributed by atoms with van der Waals surface area (Å²) < 4.78 is 0. The third-order valence-corrected chi connectivity index (χ3v) is 1.80. The number of aromatic nitrogens is 2. The lowest BCUT2D eigenvalue weighted by Crippen LogP contribution is -2.37. The average molecular weight is 238 g/mol. The molecule has 1 aromatic heterocycles. The van der Waals surface area contributed by atoms with Crippen LogP contribution in [0.4, 0.5) is 5.82 Å². The van der Waals surface area contributed by atoms with Gasteiger partial charge in [0.1, 0.15) is 5.69 Å². The fourth-order valence-corrected chi connectivity index (χ4v) is 1.06. The summed E-state index contributed by atoms with van der Waals surface area (Å²) in [5.74, 6) is 4.66. The molecule has 1 aromatic rings. The number of hydrogen-bond acceptors (Lipinski definition) is 6. The first kappa shape index (κ1) is 12.8. The minimum absolute atomic E-state index is 0.0877. The highest BCUT2D eigenvalue weighted by molar-refractivity contribution is 5.94. The van der Waals surface area contributed by atoms with Gasteiger partial charge in [-0.25, -0.2) is 10.8 Å². The number of carbonyl (C=O) groups excluding carboxylic acids is 2. The Kier molecular flexibility index (Phi) is 4.82. The molecule has 17 heavy (non-hydrogen) atoms. The Morgan fingerprint density at radius 1 is 1.35 bits per heavy atom. The molecule has 0 bridgehead atoms. The van der Waals surface area contributed by atoms with E-state index in [0.29, 0.717) is 6.54 Å². The first-order valence-electron chi connectivity index (χ1n) is 5.01. The number of rotatable bonds is 5. The number of nitrogens with one attached hydrogen (secondary N) is 3. The lowest BCUT2D eigenvalue weighted by molar-refractivity contribution is -0.120. The van der Waals surface area contributed by atoms with Gasteiger partial charge in [-0.05, 0) is 6.92 Å². The first-order chi connectivity index (χ1) is 8.17. The zero-order valence-electron chi connectivity index (χ0n) is 9.36. The summed E-state index contributed by atoms with van der Waals surface area (Å²) in [4.78, 5) is 30.3. The SMILES string of the molecule is CCNC(=O)CNC(=O)c1cncc(NN)n1. The van der Waals surface area contributed by atoms with Gasteiger partial charge in [0.25, 0.3) is 5.91 Å². The second-order valence-electron chi connectivity index (χ2n) is 3.07. The Balaban J connectivity index is 2.54. The van der Waals surface area contributed by atoms with Gasteiger partial charge in [0.05, 0.1) is 18.9 Å². The van der Waals surface area contributed by atoms with Crippen LogP contribution in [-0.2, 0) is 4.79 Å². The molecule has 0 aliphatic carbocycles. The van der Waals surface area contributed by atoms with Gasteiger partial charge >= 0.3 is 0 Å². The number of nitrogen functional groups attached to an aromatic ring is 1. The van der Waals surface area contributed by atoms with Crippen molar-refractivity contribution < 1.29 is 9.59 Å². The van der Waals surface area contributed by atoms with Gasteiger partial charge in [-0.1, -0.05) is 0 Å². The van der Waals surface area contributed by atoms with Gasteiger partial charge in [0.2, 0.25) is 5.91 Å². The minimum atomic E-state index is -0.485. The number of hydrogen-bond donors (Lipinski definition) is 4. The van der Waals surface area contributed by atoms with Crippen LogP contribution < -0.4 is 21.9 Å². The van der Waals surface area contributed by atoms with Gasteiger partial charge in [-0.15, -0.1) is 0 Å². The lowest BCUT2D eigenvalue weighted by Gasteiger charge is -2.05. The van der Waals surface area contributed by atoms with Crippen LogP contribution in [0.25, 0.3) is 0 Å². The Morgan fingerprint density at radius 2 is 2.12 bits per heavy atom. The largest absolute Gasteiger partial charge is 0.355 e. The summed E-state index contributed by atoms with van der Waals surface area (Å²) in [5.41, 5.74) is 2.36. The summed E-state index contributed by atoms with van der Waals surface area (Å²) in [6, 6.07) is 0. The van der Waals surface area contributed by atoms with Gasteiger partial charge < -0.3 is 16.1 Å². The molecule has 0 aliphatic rings. The highest BCUT2D eigenvalue weighted by Crippen LogP contribution is 1.99. The van der Waals surface area contributed by atoms with E-state index in [4.69, 9.17) is 5.84 Å². The van der Waals surface area contributed by atoms with E-state index in [0.717, 1.165) is 0 Å². The molecule has 92 valence electrons. The first-order valence-corrected chi connectivity index (χ1v) is 5.01. The number of nitrogens with zero attached hydrogens (tertiary/aromatic N) is 2. The van der Waals surface area contributed by atoms with E-state index in [-0.39, 0.29) is 24.0 Å². The van der Waals surface area contributed by atoms with E-state index < -0.39 is 5.91 Å². The van der Waals surface area contributed by atoms with Gasteiger partial charge in [0, 0.05) is 6.54 Å². The maximum Gasteiger partial charge on any atom is 0.272 e. The van der Waals surface area contributed by atoms with Gasteiger partial charge in [-0.2, -0.15) is 0 Å². The molecule has 0 unspecified atom stereocenters. The van der Waals surface area contributed by atoms with Crippen molar-refractivity contribution in [1.82, 2.24) is 20.6 Å². The van der Waals surface area contributed by atoms with E-state index in [1.807, 2.05) is 0 Å². The summed E-state index contributed by atoms with van der Waals surface area (Å²) in [6.45, 7) is 2.21. The van der Waals surface area contributed by atoms with E-state index in [1.54, 1.807) is 6.92 Å². The smallest absolute Gasteiger partial charge is 0.272 e. The fourth-order valence-electron chi connectivity index (χ4n) is 1.06. The van der Waals surface area contributed by atoms with Crippen molar-refractivity contribution in [2.75, 3.05) is 18.5 Å². The van der Waals surface area contributed by atoms with Crippen LogP contribution in [0.3, 0.4) is 0 Å². The van der Waals surface area contributed by atoms with Crippen LogP contribution in [-0.4, -0.2) is 34.9 Å². The van der Waals surface area contributed by atoms with Crippen LogP contribution >= 0.6 is 0 Å². The topological polar surface area (TPSA) is 122 Å². The molecule has 5 N–H and O–H groups in total. The van der Waals surface area contributed by atoms with Crippen molar-refractivity contribution in [2.24, 2.45) is 5.84 Å². The summed E-state index contributed by atoms with van der Waals surface area (Å²) in [7, 11) is 0. The second kappa shape index (κ2) is 6.38. The quantitative estimate of drug-likeness (QED) is 0.371. The van der Waals surface area contributed by atoms with Crippen LogP contribution in [0.1, 0.15) is 17.4 Å². The minimum Gasteiger partial charge on any atom is -0.355 e. The predicted molar refractivity (Wildman–Crippen MR) is 60.9 cm³/mol. The third-order valence-electron chi connectivity index (χ3n) is 1.80. The average Bonchev–Trinajstić information content (AvgIpc) is 2.36. The number of likely N-dealkylation sites (N-methyl/N-ethyl adjacent to an activating group) is 1. The Labute approximate surface area is 98.0 Å². The highest BCUT2D eigenvalue weighted by Gasteiger charge is 2.09. The molecular weight excluding hydrogens is 224 g/mol. The van der Waals surface area contributed by atoms with Crippen molar-refractivity contribution in [3.05, 3.63) is 18.1 Å². The monoisotopic (exact) mass is 238 g/mol. The predicted octanol–water partition coefficient (Wildman–Crippen LogP) is -1.37. The van der Waals surface area contributed by atoms with Gasteiger partial charge in [0.15, 0.2) is 5.82 Å². The number of hydrazine groups is 1. The molecule has 0 fully saturated rings. The van der Waals surface area contributed by atoms with Crippen molar-refractivity contribution >= 4 is 17.6 Å². The van der Waals surface area contributed by atoms with E-state index in [1.165, 1.54) is 12.4 Å². The molecule has 0 saturated heterocycles. The molecule has 0 aromatic carbocycles. The normalized spacial score (nSPS) is 9.53. The van der Waals surface area contributed by atoms with Crippen LogP contribution in [0.2, 0.25) is 0 Å². The number of amides is 2. The molecule has 0 aliphatic heterocycles. The van der Waals surface area contributed by atoms with E-state index in [2.05, 4.69) is 26.0 Å². The second-order valence-corrected chi connectivity index (χ2v) is 3.07. The molecular formula is C9H14N6O2. The molecule has 0 atom stereocenters. The Bertz CT molecular complexity index is 408. The standard InChI is InChI=1S/C9H14N6O2/c1-2-12-8(16)5-13-9(17)6-3-11-4-7(14-6)15-10/h3-4H,2,5,10H2,1H3,(H,12,16)(H,13,17)(H,14,15). The molecule has 8 heteroatoms. The third kappa shape index (κ3) is 4.03. The number of anilines is 1. The molecule has 1 rings (SSSR count). The summed E-state index contributed by atoms with van der Waals surface area (Å²) >= 11 is 0. The van der Waals surface area contributed by atoms with Crippen molar-refractivity contribution in [2.45, 2.75) is 6.92 Å². The zero-order valence-corrected chi connectivity index (χ0v) is 9.36. The van der Waals surface area contributed by atoms with Crippen LogP contribution in [0, 0.1) is 0 Å². The zero-order chi connectivity index (χ0) is 12.7. The Morgan fingerprint density at radius 3 is 2.76 bits per heavy atom. The maximum atomic E-state index is 11.6. The molecule has 0 radical (unpaired) electrons. The fraction of sp³-hybridized carbons (Fsp3) is 0.333. The van der Waals surface area contributed by atoms with Crippen molar-refractivity contribution in [3.63, 3.8) is 0 Å². The number of carbonyl (C=O) groups is 2. The Hall–Kier alpha value is -2.22. The molecule has 0 saturated carbocycles. The molecule has 1 heterocycles. The number of nitrogens with two attached hydrogens (primary N) is 1. The van der Waals surface area contributed by atoms with Crippen molar-refractivity contribution in [1.29, 1.82) is 0 Å². The summed E-state index contributed by atoms with van der Waals surface area (Å²) in [6.07, 6.45) is 2.66. The summed E-state index contributed by atoms with van der Waals surface area (Å²) in [5, 5.41) is 4.97. The molecule has 2 amide bonds. The lowest BCUT2D eigenvalue weighted by atomic mass is 10.4. The van der Waals surface area contributed by atoms with E-state index >= 15 is 0 Å². The molecule has 0 spiro atoms. The molecule has 8 nitrogen and oxygen atoms in total. The maximum absolute atomic E-state index is 11.6. The highest BCUT2D eigenvalue weighted by atomic mass is 16.2. The van der Waals surface area contributed by atoms with Crippen LogP contribution in [0.5, 0.6) is 0 Å².